The summed E-state index contributed by atoms with van der Waals surface area (Å²) in [7, 11) is 1.66. The highest BCUT2D eigenvalue weighted by Gasteiger charge is 2.09. The van der Waals surface area contributed by atoms with E-state index in [4.69, 9.17) is 10.5 Å². The predicted molar refractivity (Wildman–Crippen MR) is 76.2 cm³/mol. The minimum atomic E-state index is 0.124. The fourth-order valence-corrected chi connectivity index (χ4v) is 1.78. The van der Waals surface area contributed by atoms with E-state index in [1.54, 1.807) is 13.3 Å². The van der Waals surface area contributed by atoms with E-state index in [0.29, 0.717) is 0 Å². The monoisotopic (exact) mass is 258 g/mol. The van der Waals surface area contributed by atoms with E-state index in [0.717, 1.165) is 22.7 Å². The Hall–Kier alpha value is -2.30. The SMILES string of the molecule is COc1ccc(C(C)Nc2nc(N)ncc2C)cc1. The van der Waals surface area contributed by atoms with Gasteiger partial charge in [0.05, 0.1) is 7.11 Å². The molecule has 1 unspecified atom stereocenters. The van der Waals surface area contributed by atoms with Gasteiger partial charge in [-0.3, -0.25) is 0 Å². The Morgan fingerprint density at radius 2 is 1.95 bits per heavy atom. The van der Waals surface area contributed by atoms with E-state index in [-0.39, 0.29) is 12.0 Å². The molecule has 100 valence electrons. The van der Waals surface area contributed by atoms with Crippen LogP contribution in [0.1, 0.15) is 24.1 Å². The highest BCUT2D eigenvalue weighted by Crippen LogP contribution is 2.22. The van der Waals surface area contributed by atoms with Gasteiger partial charge in [-0.1, -0.05) is 12.1 Å². The number of aromatic nitrogens is 2. The third-order valence-corrected chi connectivity index (χ3v) is 2.96. The lowest BCUT2D eigenvalue weighted by atomic mass is 10.1. The maximum absolute atomic E-state index is 5.60. The number of aryl methyl sites for hydroxylation is 1. The topological polar surface area (TPSA) is 73.1 Å². The van der Waals surface area contributed by atoms with Gasteiger partial charge in [0.2, 0.25) is 5.95 Å². The maximum atomic E-state index is 5.60. The van der Waals surface area contributed by atoms with Crippen LogP contribution in [0.25, 0.3) is 0 Å². The van der Waals surface area contributed by atoms with E-state index in [2.05, 4.69) is 22.2 Å². The number of hydrogen-bond acceptors (Lipinski definition) is 5. The summed E-state index contributed by atoms with van der Waals surface area (Å²) in [5, 5.41) is 3.33. The molecule has 0 amide bonds. The summed E-state index contributed by atoms with van der Waals surface area (Å²) in [6.45, 7) is 4.02. The van der Waals surface area contributed by atoms with Crippen LogP contribution in [0.5, 0.6) is 5.75 Å². The molecular formula is C14H18N4O. The number of methoxy groups -OCH3 is 1. The van der Waals surface area contributed by atoms with Gasteiger partial charge in [0.25, 0.3) is 0 Å². The summed E-state index contributed by atoms with van der Waals surface area (Å²) in [6, 6.07) is 8.05. The molecule has 1 atom stereocenters. The molecule has 0 aliphatic heterocycles. The van der Waals surface area contributed by atoms with Crippen molar-refractivity contribution in [3.8, 4) is 5.75 Å². The van der Waals surface area contributed by atoms with Crippen molar-refractivity contribution >= 4 is 11.8 Å². The molecule has 0 spiro atoms. The number of nitrogens with one attached hydrogen (secondary N) is 1. The van der Waals surface area contributed by atoms with Gasteiger partial charge in [-0.15, -0.1) is 0 Å². The van der Waals surface area contributed by atoms with E-state index < -0.39 is 0 Å². The zero-order chi connectivity index (χ0) is 13.8. The first-order valence-corrected chi connectivity index (χ1v) is 6.09. The summed E-state index contributed by atoms with van der Waals surface area (Å²) in [5.41, 5.74) is 7.72. The number of anilines is 2. The first-order chi connectivity index (χ1) is 9.10. The Morgan fingerprint density at radius 1 is 1.26 bits per heavy atom. The number of hydrogen-bond donors (Lipinski definition) is 2. The van der Waals surface area contributed by atoms with Gasteiger partial charge in [-0.05, 0) is 31.5 Å². The molecule has 0 aliphatic rings. The van der Waals surface area contributed by atoms with Crippen molar-refractivity contribution in [1.29, 1.82) is 0 Å². The van der Waals surface area contributed by atoms with Gasteiger partial charge in [0.1, 0.15) is 11.6 Å². The first kappa shape index (κ1) is 13.1. The van der Waals surface area contributed by atoms with Crippen molar-refractivity contribution in [2.45, 2.75) is 19.9 Å². The summed E-state index contributed by atoms with van der Waals surface area (Å²) >= 11 is 0. The van der Waals surface area contributed by atoms with Crippen LogP contribution in [-0.4, -0.2) is 17.1 Å². The molecule has 2 aromatic rings. The molecule has 2 rings (SSSR count). The second-order valence-electron chi connectivity index (χ2n) is 4.40. The van der Waals surface area contributed by atoms with Crippen LogP contribution in [0, 0.1) is 6.92 Å². The van der Waals surface area contributed by atoms with E-state index in [1.807, 2.05) is 31.2 Å². The molecule has 5 nitrogen and oxygen atoms in total. The van der Waals surface area contributed by atoms with Crippen molar-refractivity contribution in [3.05, 3.63) is 41.6 Å². The average molecular weight is 258 g/mol. The molecule has 19 heavy (non-hydrogen) atoms. The lowest BCUT2D eigenvalue weighted by Gasteiger charge is -2.16. The van der Waals surface area contributed by atoms with Crippen LogP contribution in [0.2, 0.25) is 0 Å². The molecule has 5 heteroatoms. The molecule has 0 fully saturated rings. The molecule has 1 heterocycles. The first-order valence-electron chi connectivity index (χ1n) is 6.09. The van der Waals surface area contributed by atoms with Crippen LogP contribution < -0.4 is 15.8 Å². The largest absolute Gasteiger partial charge is 0.497 e. The Balaban J connectivity index is 2.15. The normalized spacial score (nSPS) is 11.9. The standard InChI is InChI=1S/C14H18N4O/c1-9-8-16-14(15)18-13(9)17-10(2)11-4-6-12(19-3)7-5-11/h4-8,10H,1-3H3,(H3,15,16,17,18). The molecule has 0 radical (unpaired) electrons. The molecule has 0 saturated carbocycles. The van der Waals surface area contributed by atoms with Crippen LogP contribution in [0.15, 0.2) is 30.5 Å². The van der Waals surface area contributed by atoms with Gasteiger partial charge in [-0.25, -0.2) is 4.98 Å². The van der Waals surface area contributed by atoms with Gasteiger partial charge >= 0.3 is 0 Å². The molecule has 0 bridgehead atoms. The average Bonchev–Trinajstić information content (AvgIpc) is 2.43. The van der Waals surface area contributed by atoms with Crippen LogP contribution in [0.3, 0.4) is 0 Å². The zero-order valence-corrected chi connectivity index (χ0v) is 11.3. The van der Waals surface area contributed by atoms with Crippen molar-refractivity contribution in [2.75, 3.05) is 18.2 Å². The zero-order valence-electron chi connectivity index (χ0n) is 11.3. The smallest absolute Gasteiger partial charge is 0.221 e. The Kier molecular flexibility index (Phi) is 3.85. The van der Waals surface area contributed by atoms with Crippen molar-refractivity contribution in [3.63, 3.8) is 0 Å². The predicted octanol–water partition coefficient (Wildman–Crippen LogP) is 2.55. The van der Waals surface area contributed by atoms with Crippen LogP contribution in [-0.2, 0) is 0 Å². The summed E-state index contributed by atoms with van der Waals surface area (Å²) < 4.78 is 5.14. The number of benzene rings is 1. The Labute approximate surface area is 112 Å². The summed E-state index contributed by atoms with van der Waals surface area (Å²) in [4.78, 5) is 8.15. The molecule has 1 aromatic heterocycles. The van der Waals surface area contributed by atoms with Crippen LogP contribution in [0.4, 0.5) is 11.8 Å². The lowest BCUT2D eigenvalue weighted by Crippen LogP contribution is -2.10. The molecule has 3 N–H and O–H groups in total. The number of nitrogens with two attached hydrogens (primary N) is 1. The minimum Gasteiger partial charge on any atom is -0.497 e. The van der Waals surface area contributed by atoms with Crippen molar-refractivity contribution < 1.29 is 4.74 Å². The van der Waals surface area contributed by atoms with Gasteiger partial charge < -0.3 is 15.8 Å². The summed E-state index contributed by atoms with van der Waals surface area (Å²) in [6.07, 6.45) is 1.71. The number of ether oxygens (including phenoxy) is 1. The third-order valence-electron chi connectivity index (χ3n) is 2.96. The number of rotatable bonds is 4. The highest BCUT2D eigenvalue weighted by atomic mass is 16.5. The van der Waals surface area contributed by atoms with Gasteiger partial charge in [0.15, 0.2) is 0 Å². The molecule has 1 aromatic carbocycles. The maximum Gasteiger partial charge on any atom is 0.221 e. The second kappa shape index (κ2) is 5.56. The quantitative estimate of drug-likeness (QED) is 0.881. The van der Waals surface area contributed by atoms with Crippen molar-refractivity contribution in [2.24, 2.45) is 0 Å². The Morgan fingerprint density at radius 3 is 2.58 bits per heavy atom. The van der Waals surface area contributed by atoms with E-state index >= 15 is 0 Å². The lowest BCUT2D eigenvalue weighted by molar-refractivity contribution is 0.414. The molecule has 0 aliphatic carbocycles. The number of nitrogen functional groups attached to an aromatic ring is 1. The van der Waals surface area contributed by atoms with E-state index in [9.17, 15) is 0 Å². The molecular weight excluding hydrogens is 240 g/mol. The van der Waals surface area contributed by atoms with Crippen molar-refractivity contribution in [1.82, 2.24) is 9.97 Å². The third kappa shape index (κ3) is 3.13. The fraction of sp³-hybridized carbons (Fsp3) is 0.286. The summed E-state index contributed by atoms with van der Waals surface area (Å²) in [5.74, 6) is 1.88. The number of nitrogens with zero attached hydrogens (tertiary/aromatic N) is 2. The Bertz CT molecular complexity index is 554. The van der Waals surface area contributed by atoms with E-state index in [1.165, 1.54) is 0 Å². The van der Waals surface area contributed by atoms with Gasteiger partial charge in [-0.2, -0.15) is 4.98 Å². The van der Waals surface area contributed by atoms with Gasteiger partial charge in [0, 0.05) is 17.8 Å². The fourth-order valence-electron chi connectivity index (χ4n) is 1.78. The molecule has 0 saturated heterocycles. The van der Waals surface area contributed by atoms with Crippen LogP contribution >= 0.6 is 0 Å². The highest BCUT2D eigenvalue weighted by molar-refractivity contribution is 5.47. The second-order valence-corrected chi connectivity index (χ2v) is 4.40. The minimum absolute atomic E-state index is 0.124.